The lowest BCUT2D eigenvalue weighted by atomic mass is 10.1. The highest BCUT2D eigenvalue weighted by atomic mass is 16.6. The third-order valence-corrected chi connectivity index (χ3v) is 5.31. The molecule has 1 N–H and O–H groups in total. The zero-order valence-electron chi connectivity index (χ0n) is 19.8. The van der Waals surface area contributed by atoms with Crippen LogP contribution in [0.5, 0.6) is 11.5 Å². The van der Waals surface area contributed by atoms with Gasteiger partial charge in [0.05, 0.1) is 30.0 Å². The van der Waals surface area contributed by atoms with E-state index in [0.717, 1.165) is 4.90 Å². The topological polar surface area (TPSA) is 111 Å². The Labute approximate surface area is 207 Å². The number of imide groups is 1. The molecular formula is C27H24N2O7. The predicted molar refractivity (Wildman–Crippen MR) is 132 cm³/mol. The molecule has 0 fully saturated rings. The molecule has 0 aliphatic carbocycles. The first kappa shape index (κ1) is 24.5. The van der Waals surface area contributed by atoms with Crippen LogP contribution in [0.2, 0.25) is 0 Å². The first-order valence-corrected chi connectivity index (χ1v) is 11.4. The van der Waals surface area contributed by atoms with Crippen LogP contribution in [-0.4, -0.2) is 43.5 Å². The van der Waals surface area contributed by atoms with Crippen molar-refractivity contribution in [1.82, 2.24) is 0 Å². The van der Waals surface area contributed by atoms with Crippen LogP contribution >= 0.6 is 0 Å². The minimum atomic E-state index is -0.511. The number of carbonyl (C=O) groups is 4. The number of hydrogen-bond acceptors (Lipinski definition) is 7. The van der Waals surface area contributed by atoms with Gasteiger partial charge in [0.2, 0.25) is 0 Å². The lowest BCUT2D eigenvalue weighted by molar-refractivity contribution is -0.145. The number of esters is 1. The van der Waals surface area contributed by atoms with Crippen molar-refractivity contribution in [3.05, 3.63) is 83.4 Å². The van der Waals surface area contributed by atoms with Gasteiger partial charge in [-0.25, -0.2) is 9.69 Å². The predicted octanol–water partition coefficient (Wildman–Crippen LogP) is 4.08. The second-order valence-corrected chi connectivity index (χ2v) is 7.71. The summed E-state index contributed by atoms with van der Waals surface area (Å²) in [7, 11) is 0. The highest BCUT2D eigenvalue weighted by molar-refractivity contribution is 6.34. The summed E-state index contributed by atoms with van der Waals surface area (Å²) >= 11 is 0. The number of anilines is 2. The molecule has 3 aromatic rings. The lowest BCUT2D eigenvalue weighted by Gasteiger charge is -2.14. The molecule has 4 rings (SSSR count). The van der Waals surface area contributed by atoms with Crippen LogP contribution in [0.15, 0.2) is 66.7 Å². The summed E-state index contributed by atoms with van der Waals surface area (Å²) < 4.78 is 15.6. The molecule has 0 saturated carbocycles. The van der Waals surface area contributed by atoms with Crippen LogP contribution in [0.1, 0.15) is 44.9 Å². The second-order valence-electron chi connectivity index (χ2n) is 7.71. The number of benzene rings is 3. The Balaban J connectivity index is 1.48. The number of nitrogens with one attached hydrogen (secondary N) is 1. The van der Waals surface area contributed by atoms with E-state index in [-0.39, 0.29) is 29.9 Å². The van der Waals surface area contributed by atoms with Gasteiger partial charge in [0.15, 0.2) is 6.61 Å². The highest BCUT2D eigenvalue weighted by Gasteiger charge is 2.37. The monoisotopic (exact) mass is 488 g/mol. The summed E-state index contributed by atoms with van der Waals surface area (Å²) in [5.74, 6) is -0.932. The van der Waals surface area contributed by atoms with E-state index in [1.807, 2.05) is 6.92 Å². The van der Waals surface area contributed by atoms with E-state index in [0.29, 0.717) is 29.5 Å². The summed E-state index contributed by atoms with van der Waals surface area (Å²) in [6.45, 7) is 4.07. The van der Waals surface area contributed by atoms with Gasteiger partial charge in [-0.1, -0.05) is 6.07 Å². The average molecular weight is 488 g/mol. The number of fused-ring (bicyclic) bond motifs is 1. The van der Waals surface area contributed by atoms with Gasteiger partial charge in [-0.05, 0) is 68.4 Å². The van der Waals surface area contributed by atoms with Crippen molar-refractivity contribution < 1.29 is 33.4 Å². The molecule has 1 aliphatic rings. The molecule has 0 saturated heterocycles. The van der Waals surface area contributed by atoms with E-state index >= 15 is 0 Å². The van der Waals surface area contributed by atoms with Gasteiger partial charge in [0.1, 0.15) is 11.5 Å². The molecule has 9 nitrogen and oxygen atoms in total. The fraction of sp³-hybridized carbons (Fsp3) is 0.185. The van der Waals surface area contributed by atoms with Gasteiger partial charge in [-0.3, -0.25) is 14.4 Å². The molecule has 3 amide bonds. The number of rotatable bonds is 9. The fourth-order valence-corrected chi connectivity index (χ4v) is 3.69. The molecular weight excluding hydrogens is 464 g/mol. The number of carbonyl (C=O) groups excluding carboxylic acids is 4. The third kappa shape index (κ3) is 5.20. The minimum absolute atomic E-state index is 0.146. The van der Waals surface area contributed by atoms with Gasteiger partial charge < -0.3 is 19.5 Å². The summed E-state index contributed by atoms with van der Waals surface area (Å²) in [6.07, 6.45) is 0. The Morgan fingerprint density at radius 1 is 0.806 bits per heavy atom. The molecule has 1 aliphatic heterocycles. The van der Waals surface area contributed by atoms with Crippen LogP contribution in [0.25, 0.3) is 0 Å². The minimum Gasteiger partial charge on any atom is -0.494 e. The summed E-state index contributed by atoms with van der Waals surface area (Å²) in [6, 6.07) is 17.5. The molecule has 0 atom stereocenters. The van der Waals surface area contributed by atoms with Gasteiger partial charge >= 0.3 is 5.97 Å². The number of amides is 3. The van der Waals surface area contributed by atoms with Crippen molar-refractivity contribution in [1.29, 1.82) is 0 Å². The molecule has 36 heavy (non-hydrogen) atoms. The number of hydrogen-bond donors (Lipinski definition) is 1. The number of ether oxygens (including phenoxy) is 3. The van der Waals surface area contributed by atoms with E-state index in [9.17, 15) is 19.2 Å². The first-order valence-electron chi connectivity index (χ1n) is 11.4. The van der Waals surface area contributed by atoms with Crippen LogP contribution in [0.3, 0.4) is 0 Å². The standard InChI is InChI=1S/C27H24N2O7/c1-3-34-20-11-9-19(10-12-20)29-26(32)22-13-8-17(14-23(22)27(29)33)25(31)28-18-6-5-7-21(15-18)36-16-24(30)35-4-2/h5-15H,3-4,16H2,1-2H3,(H,28,31). The third-order valence-electron chi connectivity index (χ3n) is 5.31. The Morgan fingerprint density at radius 3 is 2.28 bits per heavy atom. The largest absolute Gasteiger partial charge is 0.494 e. The van der Waals surface area contributed by atoms with Crippen molar-refractivity contribution in [2.24, 2.45) is 0 Å². The van der Waals surface area contributed by atoms with Gasteiger partial charge in [0.25, 0.3) is 17.7 Å². The Hall–Kier alpha value is -4.66. The summed E-state index contributed by atoms with van der Waals surface area (Å²) in [5, 5.41) is 2.73. The molecule has 0 aromatic heterocycles. The normalized spacial score (nSPS) is 12.2. The molecule has 184 valence electrons. The zero-order valence-corrected chi connectivity index (χ0v) is 19.8. The molecule has 1 heterocycles. The van der Waals surface area contributed by atoms with E-state index in [1.54, 1.807) is 55.5 Å². The van der Waals surface area contributed by atoms with Crippen molar-refractivity contribution in [2.45, 2.75) is 13.8 Å². The summed E-state index contributed by atoms with van der Waals surface area (Å²) in [4.78, 5) is 51.4. The maximum Gasteiger partial charge on any atom is 0.344 e. The quantitative estimate of drug-likeness (QED) is 0.357. The zero-order chi connectivity index (χ0) is 25.7. The molecule has 0 bridgehead atoms. The molecule has 0 unspecified atom stereocenters. The fourth-order valence-electron chi connectivity index (χ4n) is 3.69. The Kier molecular flexibility index (Phi) is 7.29. The van der Waals surface area contributed by atoms with Crippen LogP contribution in [0.4, 0.5) is 11.4 Å². The second kappa shape index (κ2) is 10.7. The van der Waals surface area contributed by atoms with Gasteiger partial charge in [-0.2, -0.15) is 0 Å². The van der Waals surface area contributed by atoms with E-state index in [1.165, 1.54) is 18.2 Å². The maximum atomic E-state index is 13.1. The first-order chi connectivity index (χ1) is 17.4. The van der Waals surface area contributed by atoms with E-state index in [2.05, 4.69) is 5.32 Å². The Bertz CT molecular complexity index is 1320. The lowest BCUT2D eigenvalue weighted by Crippen LogP contribution is -2.29. The van der Waals surface area contributed by atoms with E-state index < -0.39 is 23.7 Å². The van der Waals surface area contributed by atoms with Crippen LogP contribution < -0.4 is 19.7 Å². The average Bonchev–Trinajstić information content (AvgIpc) is 3.13. The molecule has 0 spiro atoms. The van der Waals surface area contributed by atoms with Gasteiger partial charge in [0, 0.05) is 17.3 Å². The molecule has 9 heteroatoms. The Morgan fingerprint density at radius 2 is 1.56 bits per heavy atom. The van der Waals surface area contributed by atoms with E-state index in [4.69, 9.17) is 14.2 Å². The van der Waals surface area contributed by atoms with Gasteiger partial charge in [-0.15, -0.1) is 0 Å². The molecule has 0 radical (unpaired) electrons. The SMILES string of the molecule is CCOC(=O)COc1cccc(NC(=O)c2ccc3c(c2)C(=O)N(c2ccc(OCC)cc2)C3=O)c1. The van der Waals surface area contributed by atoms with Crippen molar-refractivity contribution in [3.8, 4) is 11.5 Å². The van der Waals surface area contributed by atoms with Crippen molar-refractivity contribution in [2.75, 3.05) is 30.0 Å². The van der Waals surface area contributed by atoms with Crippen molar-refractivity contribution in [3.63, 3.8) is 0 Å². The van der Waals surface area contributed by atoms with Crippen molar-refractivity contribution >= 4 is 35.1 Å². The molecule has 3 aromatic carbocycles. The van der Waals surface area contributed by atoms with Crippen LogP contribution in [-0.2, 0) is 9.53 Å². The highest BCUT2D eigenvalue weighted by Crippen LogP contribution is 2.30. The smallest absolute Gasteiger partial charge is 0.344 e. The van der Waals surface area contributed by atoms with Crippen LogP contribution in [0, 0.1) is 0 Å². The number of nitrogens with zero attached hydrogens (tertiary/aromatic N) is 1. The summed E-state index contributed by atoms with van der Waals surface area (Å²) in [5.41, 5.74) is 1.42. The maximum absolute atomic E-state index is 13.1.